The lowest BCUT2D eigenvalue weighted by molar-refractivity contribution is -0.384. The highest BCUT2D eigenvalue weighted by molar-refractivity contribution is 6.43. The summed E-state index contributed by atoms with van der Waals surface area (Å²) >= 11 is 0. The molecular weight excluding hydrogens is 388 g/mol. The van der Waals surface area contributed by atoms with E-state index in [1.165, 1.54) is 18.2 Å². The van der Waals surface area contributed by atoms with E-state index in [0.29, 0.717) is 0 Å². The Bertz CT molecular complexity index is 1190. The van der Waals surface area contributed by atoms with Crippen LogP contribution in [0.15, 0.2) is 24.3 Å². The number of anilines is 1. The van der Waals surface area contributed by atoms with E-state index in [1.807, 2.05) is 0 Å². The molecule has 0 amide bonds. The first-order valence-electron chi connectivity index (χ1n) is 7.80. The number of hydrogen-bond acceptors (Lipinski definition) is 11. The van der Waals surface area contributed by atoms with Crippen LogP contribution >= 0.6 is 0 Å². The van der Waals surface area contributed by atoms with Gasteiger partial charge in [0, 0.05) is 17.7 Å². The van der Waals surface area contributed by atoms with Crippen molar-refractivity contribution in [3.8, 4) is 11.3 Å². The second-order valence-corrected chi connectivity index (χ2v) is 5.50. The van der Waals surface area contributed by atoms with Gasteiger partial charge in [0.2, 0.25) is 5.95 Å². The first-order valence-corrected chi connectivity index (χ1v) is 7.80. The summed E-state index contributed by atoms with van der Waals surface area (Å²) in [6, 6.07) is 5.12. The van der Waals surface area contributed by atoms with Crippen LogP contribution in [0.2, 0.25) is 0 Å². The third-order valence-corrected chi connectivity index (χ3v) is 3.89. The Morgan fingerprint density at radius 2 is 1.90 bits per heavy atom. The molecule has 3 aromatic rings. The number of methoxy groups -OCH3 is 2. The van der Waals surface area contributed by atoms with Gasteiger partial charge in [-0.1, -0.05) is 12.1 Å². The van der Waals surface area contributed by atoms with Crippen LogP contribution in [0.4, 0.5) is 11.6 Å². The average Bonchev–Trinajstić information content (AvgIpc) is 3.11. The molecule has 13 heteroatoms. The molecule has 0 unspecified atom stereocenters. The largest absolute Gasteiger partial charge is 0.464 e. The van der Waals surface area contributed by atoms with E-state index in [2.05, 4.69) is 24.7 Å². The lowest BCUT2D eigenvalue weighted by Crippen LogP contribution is -2.24. The second kappa shape index (κ2) is 7.30. The minimum absolute atomic E-state index is 0.0792. The van der Waals surface area contributed by atoms with Crippen LogP contribution in [0.25, 0.3) is 17.0 Å². The SMILES string of the molecule is COC(=O)C(=O)c1c(C(=O)OC)nc2nnc(N)n2c1-c1cccc([N+](=O)[O-])c1. The fourth-order valence-corrected chi connectivity index (χ4v) is 2.65. The lowest BCUT2D eigenvalue weighted by Gasteiger charge is -2.14. The summed E-state index contributed by atoms with van der Waals surface area (Å²) in [5.41, 5.74) is 4.36. The van der Waals surface area contributed by atoms with Crippen LogP contribution < -0.4 is 5.73 Å². The molecule has 2 aromatic heterocycles. The Morgan fingerprint density at radius 3 is 2.52 bits per heavy atom. The summed E-state index contributed by atoms with van der Waals surface area (Å²) in [5.74, 6) is -4.00. The fraction of sp³-hybridized carbons (Fsp3) is 0.125. The molecule has 0 fully saturated rings. The van der Waals surface area contributed by atoms with E-state index < -0.39 is 33.9 Å². The van der Waals surface area contributed by atoms with Crippen LogP contribution in [-0.4, -0.2) is 56.4 Å². The number of ketones is 1. The number of nitrogens with two attached hydrogens (primary N) is 1. The van der Waals surface area contributed by atoms with Crippen LogP contribution in [0.5, 0.6) is 0 Å². The molecular formula is C16H12N6O7. The van der Waals surface area contributed by atoms with Crippen molar-refractivity contribution in [2.75, 3.05) is 20.0 Å². The quantitative estimate of drug-likeness (QED) is 0.206. The van der Waals surface area contributed by atoms with Gasteiger partial charge in [0.1, 0.15) is 0 Å². The van der Waals surface area contributed by atoms with E-state index in [1.54, 1.807) is 0 Å². The number of ether oxygens (including phenoxy) is 2. The van der Waals surface area contributed by atoms with Crippen LogP contribution in [-0.2, 0) is 14.3 Å². The number of esters is 2. The van der Waals surface area contributed by atoms with Crippen LogP contribution in [0.1, 0.15) is 20.8 Å². The maximum absolute atomic E-state index is 12.8. The second-order valence-electron chi connectivity index (χ2n) is 5.50. The Balaban J connectivity index is 2.51. The molecule has 0 aliphatic carbocycles. The van der Waals surface area contributed by atoms with Crippen molar-refractivity contribution >= 4 is 35.1 Å². The molecule has 0 saturated carbocycles. The Labute approximate surface area is 161 Å². The van der Waals surface area contributed by atoms with Crippen molar-refractivity contribution in [3.63, 3.8) is 0 Å². The zero-order valence-corrected chi connectivity index (χ0v) is 15.0. The zero-order valence-electron chi connectivity index (χ0n) is 15.0. The molecule has 1 aromatic carbocycles. The van der Waals surface area contributed by atoms with Crippen molar-refractivity contribution in [3.05, 3.63) is 45.6 Å². The first-order chi connectivity index (χ1) is 13.8. The molecule has 13 nitrogen and oxygen atoms in total. The fourth-order valence-electron chi connectivity index (χ4n) is 2.65. The maximum atomic E-state index is 12.8. The third kappa shape index (κ3) is 3.20. The van der Waals surface area contributed by atoms with Crippen LogP contribution in [0, 0.1) is 10.1 Å². The van der Waals surface area contributed by atoms with Crippen molar-refractivity contribution < 1.29 is 28.8 Å². The number of aromatic nitrogens is 4. The number of fused-ring (bicyclic) bond motifs is 1. The molecule has 0 bridgehead atoms. The van der Waals surface area contributed by atoms with E-state index in [9.17, 15) is 24.5 Å². The number of nitro groups is 1. The number of hydrogen-bond donors (Lipinski definition) is 1. The third-order valence-electron chi connectivity index (χ3n) is 3.89. The predicted molar refractivity (Wildman–Crippen MR) is 95.0 cm³/mol. The van der Waals surface area contributed by atoms with Gasteiger partial charge in [-0.2, -0.15) is 0 Å². The van der Waals surface area contributed by atoms with Gasteiger partial charge >= 0.3 is 11.9 Å². The molecule has 2 N–H and O–H groups in total. The smallest absolute Gasteiger partial charge is 0.379 e. The molecule has 29 heavy (non-hydrogen) atoms. The van der Waals surface area contributed by atoms with Crippen LogP contribution in [0.3, 0.4) is 0 Å². The number of carbonyl (C=O) groups is 3. The Morgan fingerprint density at radius 1 is 1.17 bits per heavy atom. The topological polar surface area (TPSA) is 182 Å². The normalized spacial score (nSPS) is 10.6. The molecule has 0 atom stereocenters. The van der Waals surface area contributed by atoms with Gasteiger partial charge in [-0.05, 0) is 0 Å². The molecule has 0 aliphatic rings. The van der Waals surface area contributed by atoms with Gasteiger partial charge in [0.25, 0.3) is 17.2 Å². The number of nitrogen functional groups attached to an aromatic ring is 1. The molecule has 148 valence electrons. The number of non-ortho nitro benzene ring substituents is 1. The number of carbonyl (C=O) groups excluding carboxylic acids is 3. The Kier molecular flexibility index (Phi) is 4.87. The zero-order chi connectivity index (χ0) is 21.3. The average molecular weight is 400 g/mol. The van der Waals surface area contributed by atoms with Gasteiger partial charge in [0.15, 0.2) is 5.69 Å². The molecule has 3 rings (SSSR count). The van der Waals surface area contributed by atoms with Gasteiger partial charge in [-0.15, -0.1) is 10.2 Å². The lowest BCUT2D eigenvalue weighted by atomic mass is 9.99. The van der Waals surface area contributed by atoms with Crippen molar-refractivity contribution in [2.45, 2.75) is 0 Å². The molecule has 0 saturated heterocycles. The van der Waals surface area contributed by atoms with E-state index in [0.717, 1.165) is 24.7 Å². The standard InChI is InChI=1S/C16H12N6O7/c1-28-13(24)10-9(12(23)14(25)29-2)11(21-15(17)19-20-16(21)18-10)7-4-3-5-8(6-7)22(26)27/h3-6H,1-2H3,(H2,17,19). The summed E-state index contributed by atoms with van der Waals surface area (Å²) in [4.78, 5) is 51.4. The summed E-state index contributed by atoms with van der Waals surface area (Å²) in [5, 5.41) is 18.5. The molecule has 2 heterocycles. The maximum Gasteiger partial charge on any atom is 0.379 e. The van der Waals surface area contributed by atoms with E-state index in [4.69, 9.17) is 5.73 Å². The van der Waals surface area contributed by atoms with Crippen molar-refractivity contribution in [2.24, 2.45) is 0 Å². The molecule has 0 aliphatic heterocycles. The van der Waals surface area contributed by atoms with E-state index in [-0.39, 0.29) is 28.7 Å². The number of benzene rings is 1. The predicted octanol–water partition coefficient (Wildman–Crippen LogP) is 0.424. The minimum atomic E-state index is -1.30. The summed E-state index contributed by atoms with van der Waals surface area (Å²) in [7, 11) is 2.02. The first kappa shape index (κ1) is 19.3. The number of rotatable bonds is 5. The summed E-state index contributed by atoms with van der Waals surface area (Å²) < 4.78 is 10.2. The van der Waals surface area contributed by atoms with Gasteiger partial charge < -0.3 is 15.2 Å². The van der Waals surface area contributed by atoms with Gasteiger partial charge in [0.05, 0.1) is 30.4 Å². The number of nitro benzene ring substituents is 1. The summed E-state index contributed by atoms with van der Waals surface area (Å²) in [6.07, 6.45) is 0. The van der Waals surface area contributed by atoms with Gasteiger partial charge in [-0.3, -0.25) is 14.9 Å². The highest BCUT2D eigenvalue weighted by Gasteiger charge is 2.33. The highest BCUT2D eigenvalue weighted by Crippen LogP contribution is 2.31. The summed E-state index contributed by atoms with van der Waals surface area (Å²) in [6.45, 7) is 0. The van der Waals surface area contributed by atoms with Crippen molar-refractivity contribution in [1.82, 2.24) is 19.6 Å². The minimum Gasteiger partial charge on any atom is -0.464 e. The monoisotopic (exact) mass is 400 g/mol. The van der Waals surface area contributed by atoms with E-state index >= 15 is 0 Å². The number of Topliss-reactive ketones (excluding diaryl/α,β-unsaturated/α-hetero) is 1. The van der Waals surface area contributed by atoms with Gasteiger partial charge in [-0.25, -0.2) is 19.0 Å². The Hall–Kier alpha value is -4.42. The number of nitrogens with zero attached hydrogens (tertiary/aromatic N) is 5. The highest BCUT2D eigenvalue weighted by atomic mass is 16.6. The molecule has 0 spiro atoms. The molecule has 0 radical (unpaired) electrons. The van der Waals surface area contributed by atoms with Crippen molar-refractivity contribution in [1.29, 1.82) is 0 Å².